The minimum absolute atomic E-state index is 0.677. The second kappa shape index (κ2) is 7.31. The molecular formula is C17H26ClN. The third-order valence-electron chi connectivity index (χ3n) is 4.54. The molecule has 0 amide bonds. The van der Waals surface area contributed by atoms with E-state index in [-0.39, 0.29) is 0 Å². The van der Waals surface area contributed by atoms with E-state index in [4.69, 9.17) is 11.6 Å². The van der Waals surface area contributed by atoms with Crippen molar-refractivity contribution in [3.63, 3.8) is 0 Å². The highest BCUT2D eigenvalue weighted by Crippen LogP contribution is 2.42. The molecule has 2 rings (SSSR count). The molecule has 19 heavy (non-hydrogen) atoms. The van der Waals surface area contributed by atoms with Gasteiger partial charge in [-0.05, 0) is 61.9 Å². The van der Waals surface area contributed by atoms with Crippen LogP contribution in [0.4, 0.5) is 0 Å². The van der Waals surface area contributed by atoms with Crippen molar-refractivity contribution < 1.29 is 0 Å². The van der Waals surface area contributed by atoms with Gasteiger partial charge in [0.2, 0.25) is 0 Å². The number of benzene rings is 1. The molecule has 0 saturated heterocycles. The van der Waals surface area contributed by atoms with Gasteiger partial charge in [-0.15, -0.1) is 0 Å². The summed E-state index contributed by atoms with van der Waals surface area (Å²) in [5, 5.41) is 4.24. The molecule has 1 saturated carbocycles. The zero-order valence-electron chi connectivity index (χ0n) is 12.2. The van der Waals surface area contributed by atoms with E-state index in [1.54, 1.807) is 0 Å². The van der Waals surface area contributed by atoms with E-state index in [9.17, 15) is 0 Å². The van der Waals surface area contributed by atoms with Crippen LogP contribution in [0, 0.1) is 11.8 Å². The van der Waals surface area contributed by atoms with Gasteiger partial charge in [-0.2, -0.15) is 0 Å². The first-order valence-corrected chi connectivity index (χ1v) is 8.02. The molecule has 1 aromatic rings. The van der Waals surface area contributed by atoms with Crippen molar-refractivity contribution in [2.75, 3.05) is 13.6 Å². The predicted molar refractivity (Wildman–Crippen MR) is 83.9 cm³/mol. The van der Waals surface area contributed by atoms with E-state index in [1.165, 1.54) is 37.7 Å². The molecule has 0 aliphatic heterocycles. The standard InChI is InChI=1S/C17H26ClN/c1-3-5-13-8-9-15(12-19-2)17(10-13)14-6-4-7-16(18)11-14/h4,6-7,11,13,15,17,19H,3,5,8-10,12H2,1-2H3. The van der Waals surface area contributed by atoms with Gasteiger partial charge in [0.1, 0.15) is 0 Å². The Balaban J connectivity index is 2.15. The van der Waals surface area contributed by atoms with Crippen molar-refractivity contribution in [3.8, 4) is 0 Å². The fourth-order valence-corrected chi connectivity index (χ4v) is 3.84. The monoisotopic (exact) mass is 279 g/mol. The number of halogens is 1. The van der Waals surface area contributed by atoms with Crippen LogP contribution in [-0.2, 0) is 0 Å². The third kappa shape index (κ3) is 3.97. The summed E-state index contributed by atoms with van der Waals surface area (Å²) in [6, 6.07) is 8.50. The van der Waals surface area contributed by atoms with Crippen molar-refractivity contribution in [2.45, 2.75) is 44.9 Å². The van der Waals surface area contributed by atoms with Gasteiger partial charge in [-0.3, -0.25) is 0 Å². The van der Waals surface area contributed by atoms with E-state index in [0.717, 1.165) is 23.4 Å². The first-order chi connectivity index (χ1) is 9.24. The zero-order valence-corrected chi connectivity index (χ0v) is 12.9. The van der Waals surface area contributed by atoms with Crippen LogP contribution in [0.1, 0.15) is 50.5 Å². The lowest BCUT2D eigenvalue weighted by atomic mass is 9.70. The summed E-state index contributed by atoms with van der Waals surface area (Å²) >= 11 is 6.17. The van der Waals surface area contributed by atoms with E-state index in [1.807, 2.05) is 6.07 Å². The molecule has 0 spiro atoms. The fourth-order valence-electron chi connectivity index (χ4n) is 3.64. The maximum Gasteiger partial charge on any atom is 0.0408 e. The molecule has 1 nitrogen and oxygen atoms in total. The SMILES string of the molecule is CCCC1CCC(CNC)C(c2cccc(Cl)c2)C1. The summed E-state index contributed by atoms with van der Waals surface area (Å²) in [5.41, 5.74) is 1.44. The third-order valence-corrected chi connectivity index (χ3v) is 4.78. The topological polar surface area (TPSA) is 12.0 Å². The molecule has 0 radical (unpaired) electrons. The van der Waals surface area contributed by atoms with Gasteiger partial charge in [-0.1, -0.05) is 49.9 Å². The highest BCUT2D eigenvalue weighted by Gasteiger charge is 2.30. The molecule has 3 atom stereocenters. The summed E-state index contributed by atoms with van der Waals surface area (Å²) < 4.78 is 0. The number of hydrogen-bond donors (Lipinski definition) is 1. The second-order valence-corrected chi connectivity index (χ2v) is 6.38. The molecule has 0 bridgehead atoms. The first kappa shape index (κ1) is 14.9. The van der Waals surface area contributed by atoms with Crippen molar-refractivity contribution in [3.05, 3.63) is 34.9 Å². The second-order valence-electron chi connectivity index (χ2n) is 5.95. The van der Waals surface area contributed by atoms with E-state index in [0.29, 0.717) is 5.92 Å². The Morgan fingerprint density at radius 2 is 2.16 bits per heavy atom. The van der Waals surface area contributed by atoms with Crippen LogP contribution in [0.15, 0.2) is 24.3 Å². The fraction of sp³-hybridized carbons (Fsp3) is 0.647. The lowest BCUT2D eigenvalue weighted by Crippen LogP contribution is -2.30. The Kier molecular flexibility index (Phi) is 5.72. The summed E-state index contributed by atoms with van der Waals surface area (Å²) in [4.78, 5) is 0. The molecule has 1 aromatic carbocycles. The largest absolute Gasteiger partial charge is 0.319 e. The lowest BCUT2D eigenvalue weighted by molar-refractivity contribution is 0.223. The summed E-state index contributed by atoms with van der Waals surface area (Å²) in [7, 11) is 2.06. The molecule has 106 valence electrons. The van der Waals surface area contributed by atoms with Gasteiger partial charge in [-0.25, -0.2) is 0 Å². The molecule has 0 aromatic heterocycles. The van der Waals surface area contributed by atoms with Crippen LogP contribution in [0.5, 0.6) is 0 Å². The van der Waals surface area contributed by atoms with Gasteiger partial charge >= 0.3 is 0 Å². The smallest absolute Gasteiger partial charge is 0.0408 e. The Morgan fingerprint density at radius 3 is 2.84 bits per heavy atom. The molecule has 0 heterocycles. The highest BCUT2D eigenvalue weighted by atomic mass is 35.5. The molecule has 2 heteroatoms. The van der Waals surface area contributed by atoms with E-state index < -0.39 is 0 Å². The van der Waals surface area contributed by atoms with Crippen LogP contribution >= 0.6 is 11.6 Å². The molecule has 3 unspecified atom stereocenters. The molecule has 1 aliphatic rings. The molecular weight excluding hydrogens is 254 g/mol. The maximum absolute atomic E-state index is 6.17. The predicted octanol–water partition coefficient (Wildman–Crippen LogP) is 4.86. The summed E-state index contributed by atoms with van der Waals surface area (Å²) in [6.07, 6.45) is 6.77. The van der Waals surface area contributed by atoms with Crippen molar-refractivity contribution in [1.29, 1.82) is 0 Å². The van der Waals surface area contributed by atoms with E-state index in [2.05, 4.69) is 37.5 Å². The number of rotatable bonds is 5. The summed E-state index contributed by atoms with van der Waals surface area (Å²) in [5.74, 6) is 2.34. The average Bonchev–Trinajstić information content (AvgIpc) is 2.41. The maximum atomic E-state index is 6.17. The van der Waals surface area contributed by atoms with Gasteiger partial charge in [0.25, 0.3) is 0 Å². The van der Waals surface area contributed by atoms with Crippen molar-refractivity contribution in [1.82, 2.24) is 5.32 Å². The summed E-state index contributed by atoms with van der Waals surface area (Å²) in [6.45, 7) is 3.42. The van der Waals surface area contributed by atoms with Crippen LogP contribution in [0.3, 0.4) is 0 Å². The van der Waals surface area contributed by atoms with Gasteiger partial charge in [0.15, 0.2) is 0 Å². The quantitative estimate of drug-likeness (QED) is 0.812. The van der Waals surface area contributed by atoms with Crippen LogP contribution < -0.4 is 5.32 Å². The van der Waals surface area contributed by atoms with Crippen molar-refractivity contribution >= 4 is 11.6 Å². The molecule has 1 N–H and O–H groups in total. The van der Waals surface area contributed by atoms with E-state index >= 15 is 0 Å². The minimum atomic E-state index is 0.677. The minimum Gasteiger partial charge on any atom is -0.319 e. The Bertz CT molecular complexity index is 391. The highest BCUT2D eigenvalue weighted by molar-refractivity contribution is 6.30. The number of hydrogen-bond acceptors (Lipinski definition) is 1. The Morgan fingerprint density at radius 1 is 1.32 bits per heavy atom. The van der Waals surface area contributed by atoms with Gasteiger partial charge in [0.05, 0.1) is 0 Å². The Labute approximate surface area is 122 Å². The van der Waals surface area contributed by atoms with Crippen molar-refractivity contribution in [2.24, 2.45) is 11.8 Å². The molecule has 1 fully saturated rings. The number of nitrogens with one attached hydrogen (secondary N) is 1. The van der Waals surface area contributed by atoms with Crippen LogP contribution in [-0.4, -0.2) is 13.6 Å². The van der Waals surface area contributed by atoms with Crippen LogP contribution in [0.2, 0.25) is 5.02 Å². The lowest BCUT2D eigenvalue weighted by Gasteiger charge is -2.36. The zero-order chi connectivity index (χ0) is 13.7. The van der Waals surface area contributed by atoms with Crippen LogP contribution in [0.25, 0.3) is 0 Å². The first-order valence-electron chi connectivity index (χ1n) is 7.64. The average molecular weight is 280 g/mol. The normalized spacial score (nSPS) is 27.4. The van der Waals surface area contributed by atoms with Gasteiger partial charge < -0.3 is 5.32 Å². The Hall–Kier alpha value is -0.530. The van der Waals surface area contributed by atoms with Gasteiger partial charge in [0, 0.05) is 5.02 Å². The molecule has 1 aliphatic carbocycles.